The van der Waals surface area contributed by atoms with Crippen molar-refractivity contribution in [2.24, 2.45) is 5.41 Å². The molecule has 1 saturated carbocycles. The Morgan fingerprint density at radius 2 is 1.87 bits per heavy atom. The fourth-order valence-corrected chi connectivity index (χ4v) is 4.43. The van der Waals surface area contributed by atoms with Crippen LogP contribution in [0.4, 0.5) is 20.2 Å². The highest BCUT2D eigenvalue weighted by Crippen LogP contribution is 2.38. The quantitative estimate of drug-likeness (QED) is 0.300. The minimum absolute atomic E-state index is 0.0304. The van der Waals surface area contributed by atoms with Crippen LogP contribution in [0, 0.1) is 46.9 Å². The monoisotopic (exact) mass is 527 g/mol. The van der Waals surface area contributed by atoms with Crippen molar-refractivity contribution in [3.63, 3.8) is 0 Å². The number of hydrogen-bond donors (Lipinski definition) is 2. The zero-order valence-corrected chi connectivity index (χ0v) is 22.0. The molecular formula is C28H27F2N9. The van der Waals surface area contributed by atoms with Gasteiger partial charge in [-0.2, -0.15) is 19.3 Å². The highest BCUT2D eigenvalue weighted by Gasteiger charge is 2.33. The molecule has 1 aliphatic carbocycles. The molecule has 3 heterocycles. The van der Waals surface area contributed by atoms with Crippen LogP contribution in [0.15, 0.2) is 30.5 Å². The van der Waals surface area contributed by atoms with E-state index in [1.165, 1.54) is 23.0 Å². The number of aromatic nitrogens is 5. The molecule has 0 unspecified atom stereocenters. The summed E-state index contributed by atoms with van der Waals surface area (Å²) in [6.45, 7) is 8.40. The number of benzene rings is 1. The Balaban J connectivity index is 1.66. The highest BCUT2D eigenvalue weighted by molar-refractivity contribution is 5.99. The Morgan fingerprint density at radius 1 is 1.13 bits per heavy atom. The average Bonchev–Trinajstić information content (AvgIpc) is 3.66. The topological polar surface area (TPSA) is 128 Å². The Kier molecular flexibility index (Phi) is 6.61. The Bertz CT molecular complexity index is 1650. The summed E-state index contributed by atoms with van der Waals surface area (Å²) < 4.78 is 30.7. The molecule has 0 saturated heterocycles. The SMILES string of the molecule is Cc1nc(F)ccc1[C@H](Nc1cc(C#N)c2ncc(C#N)c(NCC(C)(C)C)c2c1)c1nnn(C2CC2)c1F. The van der Waals surface area contributed by atoms with Crippen LogP contribution >= 0.6 is 0 Å². The molecule has 11 heteroatoms. The van der Waals surface area contributed by atoms with Crippen LogP contribution in [0.3, 0.4) is 0 Å². The number of pyridine rings is 2. The second kappa shape index (κ2) is 9.91. The van der Waals surface area contributed by atoms with Crippen molar-refractivity contribution in [3.05, 3.63) is 70.4 Å². The zero-order chi connectivity index (χ0) is 27.9. The van der Waals surface area contributed by atoms with Gasteiger partial charge in [-0.25, -0.2) is 9.67 Å². The predicted octanol–water partition coefficient (Wildman–Crippen LogP) is 5.55. The van der Waals surface area contributed by atoms with E-state index in [1.807, 2.05) is 0 Å². The van der Waals surface area contributed by atoms with Gasteiger partial charge >= 0.3 is 0 Å². The van der Waals surface area contributed by atoms with Crippen LogP contribution in [-0.4, -0.2) is 31.5 Å². The Labute approximate surface area is 224 Å². The molecule has 1 fully saturated rings. The van der Waals surface area contributed by atoms with Gasteiger partial charge in [-0.15, -0.1) is 5.10 Å². The van der Waals surface area contributed by atoms with Gasteiger partial charge in [0, 0.05) is 35.1 Å². The smallest absolute Gasteiger partial charge is 0.237 e. The molecule has 0 aliphatic heterocycles. The van der Waals surface area contributed by atoms with Crippen molar-refractivity contribution in [3.8, 4) is 12.1 Å². The van der Waals surface area contributed by atoms with E-state index in [4.69, 9.17) is 0 Å². The van der Waals surface area contributed by atoms with Crippen molar-refractivity contribution < 1.29 is 8.78 Å². The van der Waals surface area contributed by atoms with Crippen LogP contribution in [0.25, 0.3) is 10.9 Å². The molecule has 39 heavy (non-hydrogen) atoms. The van der Waals surface area contributed by atoms with Crippen molar-refractivity contribution in [1.29, 1.82) is 10.5 Å². The first-order chi connectivity index (χ1) is 18.6. The second-order valence-electron chi connectivity index (χ2n) is 10.9. The predicted molar refractivity (Wildman–Crippen MR) is 142 cm³/mol. The van der Waals surface area contributed by atoms with Gasteiger partial charge in [0.15, 0.2) is 0 Å². The third-order valence-electron chi connectivity index (χ3n) is 6.55. The average molecular weight is 528 g/mol. The van der Waals surface area contributed by atoms with E-state index in [1.54, 1.807) is 19.1 Å². The summed E-state index contributed by atoms with van der Waals surface area (Å²) in [6.07, 6.45) is 3.09. The van der Waals surface area contributed by atoms with Gasteiger partial charge < -0.3 is 10.6 Å². The normalized spacial score (nSPS) is 14.1. The molecule has 198 valence electrons. The number of nitrogens with one attached hydrogen (secondary N) is 2. The Morgan fingerprint density at radius 3 is 2.51 bits per heavy atom. The molecule has 1 aliphatic rings. The number of halogens is 2. The van der Waals surface area contributed by atoms with Crippen molar-refractivity contribution in [2.45, 2.75) is 52.6 Å². The lowest BCUT2D eigenvalue weighted by molar-refractivity contribution is 0.443. The van der Waals surface area contributed by atoms with E-state index in [-0.39, 0.29) is 22.7 Å². The number of fused-ring (bicyclic) bond motifs is 1. The van der Waals surface area contributed by atoms with Gasteiger partial charge in [-0.05, 0) is 43.4 Å². The fourth-order valence-electron chi connectivity index (χ4n) is 4.43. The largest absolute Gasteiger partial charge is 0.383 e. The number of anilines is 2. The number of nitrogens with zero attached hydrogens (tertiary/aromatic N) is 7. The van der Waals surface area contributed by atoms with Crippen molar-refractivity contribution in [1.82, 2.24) is 25.0 Å². The number of aryl methyl sites for hydroxylation is 1. The third-order valence-corrected chi connectivity index (χ3v) is 6.55. The van der Waals surface area contributed by atoms with Crippen LogP contribution in [0.2, 0.25) is 0 Å². The summed E-state index contributed by atoms with van der Waals surface area (Å²) in [5, 5.41) is 35.1. The third kappa shape index (κ3) is 5.21. The number of nitriles is 2. The maximum Gasteiger partial charge on any atom is 0.237 e. The molecule has 4 aromatic rings. The van der Waals surface area contributed by atoms with E-state index in [0.717, 1.165) is 12.8 Å². The standard InChI is InChI=1S/C28H27F2N9/c1-15-20(7-8-22(29)35-15)25(26-27(30)39(38-37-26)19-5-6-19)36-18-9-16(11-31)23-21(10-18)24(17(12-32)13-33-23)34-14-28(2,3)4/h7-10,13,19,25,36H,5-6,14H2,1-4H3,(H,33,34)/t25-/m0/s1. The van der Waals surface area contributed by atoms with Gasteiger partial charge in [0.1, 0.15) is 23.9 Å². The van der Waals surface area contributed by atoms with Crippen LogP contribution in [-0.2, 0) is 0 Å². The van der Waals surface area contributed by atoms with E-state index in [0.29, 0.717) is 45.6 Å². The summed E-state index contributed by atoms with van der Waals surface area (Å²) in [5.74, 6) is -1.24. The molecule has 0 amide bonds. The Hall–Kier alpha value is -4.64. The summed E-state index contributed by atoms with van der Waals surface area (Å²) in [4.78, 5) is 8.30. The first kappa shape index (κ1) is 26.0. The molecule has 0 radical (unpaired) electrons. The van der Waals surface area contributed by atoms with Crippen LogP contribution in [0.1, 0.15) is 73.8 Å². The summed E-state index contributed by atoms with van der Waals surface area (Å²) in [7, 11) is 0. The maximum atomic E-state index is 15.5. The van der Waals surface area contributed by atoms with E-state index >= 15 is 4.39 Å². The number of rotatable bonds is 7. The second-order valence-corrected chi connectivity index (χ2v) is 10.9. The van der Waals surface area contributed by atoms with E-state index < -0.39 is 17.9 Å². The van der Waals surface area contributed by atoms with Gasteiger partial charge in [-0.3, -0.25) is 4.98 Å². The lowest BCUT2D eigenvalue weighted by Gasteiger charge is -2.23. The van der Waals surface area contributed by atoms with Crippen LogP contribution < -0.4 is 10.6 Å². The number of hydrogen-bond acceptors (Lipinski definition) is 8. The van der Waals surface area contributed by atoms with Crippen molar-refractivity contribution >= 4 is 22.3 Å². The van der Waals surface area contributed by atoms with E-state index in [9.17, 15) is 14.9 Å². The van der Waals surface area contributed by atoms with Gasteiger partial charge in [0.05, 0.1) is 28.4 Å². The molecule has 2 N–H and O–H groups in total. The minimum atomic E-state index is -0.882. The fraction of sp³-hybridized carbons (Fsp3) is 0.357. The van der Waals surface area contributed by atoms with E-state index in [2.05, 4.69) is 63.8 Å². The molecule has 0 spiro atoms. The summed E-state index contributed by atoms with van der Waals surface area (Å²) in [6, 6.07) is 9.54. The first-order valence-electron chi connectivity index (χ1n) is 12.6. The van der Waals surface area contributed by atoms with Gasteiger partial charge in [0.2, 0.25) is 11.9 Å². The molecule has 1 aromatic carbocycles. The lowest BCUT2D eigenvalue weighted by Crippen LogP contribution is -2.20. The summed E-state index contributed by atoms with van der Waals surface area (Å²) in [5.41, 5.74) is 2.87. The van der Waals surface area contributed by atoms with Crippen LogP contribution in [0.5, 0.6) is 0 Å². The first-order valence-corrected chi connectivity index (χ1v) is 12.6. The molecule has 9 nitrogen and oxygen atoms in total. The highest BCUT2D eigenvalue weighted by atomic mass is 19.1. The molecular weight excluding hydrogens is 500 g/mol. The molecule has 1 atom stereocenters. The van der Waals surface area contributed by atoms with Gasteiger partial charge in [0.25, 0.3) is 0 Å². The summed E-state index contributed by atoms with van der Waals surface area (Å²) >= 11 is 0. The lowest BCUT2D eigenvalue weighted by atomic mass is 9.96. The molecule has 3 aromatic heterocycles. The molecule has 0 bridgehead atoms. The minimum Gasteiger partial charge on any atom is -0.383 e. The van der Waals surface area contributed by atoms with Gasteiger partial charge in [-0.1, -0.05) is 32.1 Å². The molecule has 5 rings (SSSR count). The zero-order valence-electron chi connectivity index (χ0n) is 22.0. The van der Waals surface area contributed by atoms with Crippen molar-refractivity contribution in [2.75, 3.05) is 17.2 Å². The maximum absolute atomic E-state index is 15.5.